The lowest BCUT2D eigenvalue weighted by Gasteiger charge is -1.96. The lowest BCUT2D eigenvalue weighted by Crippen LogP contribution is -1.84. The Balaban J connectivity index is 1.49. The molecule has 24 heavy (non-hydrogen) atoms. The molecule has 2 nitrogen and oxygen atoms in total. The summed E-state index contributed by atoms with van der Waals surface area (Å²) >= 11 is 0. The van der Waals surface area contributed by atoms with Gasteiger partial charge in [0.05, 0.1) is 12.5 Å². The van der Waals surface area contributed by atoms with Crippen molar-refractivity contribution in [3.8, 4) is 11.1 Å². The zero-order valence-electron chi connectivity index (χ0n) is 13.3. The fourth-order valence-corrected chi connectivity index (χ4v) is 2.84. The van der Waals surface area contributed by atoms with Crippen LogP contribution >= 0.6 is 0 Å². The molecule has 2 aromatic heterocycles. The first-order chi connectivity index (χ1) is 11.9. The zero-order chi connectivity index (χ0) is 16.2. The highest BCUT2D eigenvalue weighted by atomic mass is 16.3. The van der Waals surface area contributed by atoms with E-state index in [9.17, 15) is 0 Å². The Morgan fingerprint density at radius 2 is 0.958 bits per heavy atom. The molecule has 2 heterocycles. The van der Waals surface area contributed by atoms with E-state index < -0.39 is 0 Å². The van der Waals surface area contributed by atoms with Crippen LogP contribution in [0.1, 0.15) is 22.6 Å². The molecule has 0 saturated carbocycles. The van der Waals surface area contributed by atoms with Gasteiger partial charge >= 0.3 is 0 Å². The molecule has 0 aliphatic carbocycles. The van der Waals surface area contributed by atoms with Crippen LogP contribution in [0.15, 0.2) is 94.2 Å². The van der Waals surface area contributed by atoms with Crippen molar-refractivity contribution in [3.05, 3.63) is 108 Å². The maximum Gasteiger partial charge on any atom is 0.108 e. The van der Waals surface area contributed by atoms with Crippen LogP contribution in [0.4, 0.5) is 0 Å². The first kappa shape index (κ1) is 14.6. The molecule has 0 radical (unpaired) electrons. The fraction of sp³-hybridized carbons (Fsp3) is 0.0909. The van der Waals surface area contributed by atoms with Gasteiger partial charge in [0, 0.05) is 24.0 Å². The quantitative estimate of drug-likeness (QED) is 0.471. The number of benzene rings is 2. The number of hydrogen-bond donors (Lipinski definition) is 0. The molecule has 0 amide bonds. The minimum absolute atomic E-state index is 0.801. The predicted octanol–water partition coefficient (Wildman–Crippen LogP) is 5.72. The normalized spacial score (nSPS) is 10.8. The Labute approximate surface area is 141 Å². The molecule has 0 bridgehead atoms. The third-order valence-corrected chi connectivity index (χ3v) is 4.08. The third kappa shape index (κ3) is 3.33. The molecule has 4 aromatic rings. The van der Waals surface area contributed by atoms with Crippen LogP contribution in [-0.2, 0) is 12.8 Å². The SMILES string of the molecule is c1ccc(Cc2cc(-c3coc(Cc4ccccc4)c3)co2)cc1. The van der Waals surface area contributed by atoms with Crippen molar-refractivity contribution < 1.29 is 8.83 Å². The van der Waals surface area contributed by atoms with Crippen molar-refractivity contribution in [2.75, 3.05) is 0 Å². The Morgan fingerprint density at radius 3 is 1.38 bits per heavy atom. The van der Waals surface area contributed by atoms with E-state index in [1.807, 2.05) is 36.4 Å². The van der Waals surface area contributed by atoms with Crippen molar-refractivity contribution in [1.29, 1.82) is 0 Å². The molecular weight excluding hydrogens is 296 g/mol. The van der Waals surface area contributed by atoms with Gasteiger partial charge in [-0.2, -0.15) is 0 Å². The van der Waals surface area contributed by atoms with Gasteiger partial charge < -0.3 is 8.83 Å². The molecule has 0 atom stereocenters. The average molecular weight is 314 g/mol. The second kappa shape index (κ2) is 6.63. The van der Waals surface area contributed by atoms with Crippen molar-refractivity contribution in [1.82, 2.24) is 0 Å². The van der Waals surface area contributed by atoms with Crippen LogP contribution in [0, 0.1) is 0 Å². The minimum Gasteiger partial charge on any atom is -0.468 e. The average Bonchev–Trinajstić information content (AvgIpc) is 3.26. The predicted molar refractivity (Wildman–Crippen MR) is 94.9 cm³/mol. The molecule has 0 spiro atoms. The van der Waals surface area contributed by atoms with Crippen LogP contribution < -0.4 is 0 Å². The highest BCUT2D eigenvalue weighted by Gasteiger charge is 2.09. The molecule has 0 fully saturated rings. The third-order valence-electron chi connectivity index (χ3n) is 4.08. The first-order valence-electron chi connectivity index (χ1n) is 8.10. The second-order valence-electron chi connectivity index (χ2n) is 5.93. The van der Waals surface area contributed by atoms with Crippen molar-refractivity contribution in [3.63, 3.8) is 0 Å². The number of rotatable bonds is 5. The van der Waals surface area contributed by atoms with Gasteiger partial charge in [-0.1, -0.05) is 60.7 Å². The molecule has 2 heteroatoms. The van der Waals surface area contributed by atoms with Crippen molar-refractivity contribution >= 4 is 0 Å². The molecular formula is C22H18O2. The van der Waals surface area contributed by atoms with Gasteiger partial charge in [0.2, 0.25) is 0 Å². The molecule has 0 N–H and O–H groups in total. The van der Waals surface area contributed by atoms with Crippen LogP contribution in [0.25, 0.3) is 11.1 Å². The molecule has 0 saturated heterocycles. The Bertz CT molecular complexity index is 824. The van der Waals surface area contributed by atoms with Crippen LogP contribution in [0.2, 0.25) is 0 Å². The zero-order valence-corrected chi connectivity index (χ0v) is 13.3. The summed E-state index contributed by atoms with van der Waals surface area (Å²) < 4.78 is 11.4. The first-order valence-corrected chi connectivity index (χ1v) is 8.10. The monoisotopic (exact) mass is 314 g/mol. The van der Waals surface area contributed by atoms with E-state index in [2.05, 4.69) is 36.4 Å². The Kier molecular flexibility index (Phi) is 4.03. The van der Waals surface area contributed by atoms with Gasteiger partial charge in [0.25, 0.3) is 0 Å². The summed E-state index contributed by atoms with van der Waals surface area (Å²) in [4.78, 5) is 0. The maximum absolute atomic E-state index is 5.71. The molecule has 0 unspecified atom stereocenters. The van der Waals surface area contributed by atoms with E-state index in [1.165, 1.54) is 11.1 Å². The minimum atomic E-state index is 0.801. The van der Waals surface area contributed by atoms with Crippen molar-refractivity contribution in [2.24, 2.45) is 0 Å². The number of hydrogen-bond acceptors (Lipinski definition) is 2. The van der Waals surface area contributed by atoms with E-state index in [4.69, 9.17) is 8.83 Å². The highest BCUT2D eigenvalue weighted by Crippen LogP contribution is 2.26. The largest absolute Gasteiger partial charge is 0.468 e. The van der Waals surface area contributed by atoms with Gasteiger partial charge in [0.15, 0.2) is 0 Å². The van der Waals surface area contributed by atoms with Gasteiger partial charge in [-0.25, -0.2) is 0 Å². The lowest BCUT2D eigenvalue weighted by atomic mass is 10.1. The molecule has 2 aromatic carbocycles. The summed E-state index contributed by atoms with van der Waals surface area (Å²) in [6.07, 6.45) is 5.20. The van der Waals surface area contributed by atoms with Gasteiger partial charge in [0.1, 0.15) is 11.5 Å². The van der Waals surface area contributed by atoms with E-state index in [-0.39, 0.29) is 0 Å². The molecule has 0 aliphatic heterocycles. The lowest BCUT2D eigenvalue weighted by molar-refractivity contribution is 0.519. The number of furan rings is 2. The summed E-state index contributed by atoms with van der Waals surface area (Å²) in [6.45, 7) is 0. The molecule has 0 aliphatic rings. The van der Waals surface area contributed by atoms with Crippen LogP contribution in [-0.4, -0.2) is 0 Å². The molecule has 118 valence electrons. The summed E-state index contributed by atoms with van der Waals surface area (Å²) in [5, 5.41) is 0. The van der Waals surface area contributed by atoms with E-state index in [0.29, 0.717) is 0 Å². The second-order valence-corrected chi connectivity index (χ2v) is 5.93. The van der Waals surface area contributed by atoms with E-state index >= 15 is 0 Å². The summed E-state index contributed by atoms with van der Waals surface area (Å²) in [6, 6.07) is 24.8. The summed E-state index contributed by atoms with van der Waals surface area (Å²) in [7, 11) is 0. The summed E-state index contributed by atoms with van der Waals surface area (Å²) in [5.74, 6) is 1.92. The standard InChI is InChI=1S/C22H18O2/c1-3-7-17(8-4-1)11-21-13-19(15-23-21)20-14-22(24-16-20)12-18-9-5-2-6-10-18/h1-10,13-16H,11-12H2. The highest BCUT2D eigenvalue weighted by molar-refractivity contribution is 5.62. The Hall–Kier alpha value is -3.00. The topological polar surface area (TPSA) is 26.3 Å². The molecule has 4 rings (SSSR count). The fourth-order valence-electron chi connectivity index (χ4n) is 2.84. The van der Waals surface area contributed by atoms with E-state index in [0.717, 1.165) is 35.5 Å². The van der Waals surface area contributed by atoms with E-state index in [1.54, 1.807) is 12.5 Å². The van der Waals surface area contributed by atoms with Crippen molar-refractivity contribution in [2.45, 2.75) is 12.8 Å². The van der Waals surface area contributed by atoms with Gasteiger partial charge in [-0.15, -0.1) is 0 Å². The smallest absolute Gasteiger partial charge is 0.108 e. The Morgan fingerprint density at radius 1 is 0.542 bits per heavy atom. The summed E-state index contributed by atoms with van der Waals surface area (Å²) in [5.41, 5.74) is 4.61. The van der Waals surface area contributed by atoms with Gasteiger partial charge in [-0.05, 0) is 23.3 Å². The van der Waals surface area contributed by atoms with Crippen LogP contribution in [0.3, 0.4) is 0 Å². The van der Waals surface area contributed by atoms with Crippen LogP contribution in [0.5, 0.6) is 0 Å². The van der Waals surface area contributed by atoms with Gasteiger partial charge in [-0.3, -0.25) is 0 Å². The maximum atomic E-state index is 5.71.